The SMILES string of the molecule is CC/C=C\C/C=C\C/C=C\C/C=C\C/C=C\C/C=C\CCCCCCCCC(=O)OCC(COC(=O)CCCC/C=C\C/C=C\C/C=C\C/C=C\CC)OC(=O)CCCCCCCCC/C=C\CCCCCCCC. The zero-order valence-electron chi connectivity index (χ0n) is 48.5. The van der Waals surface area contributed by atoms with Crippen molar-refractivity contribution >= 4 is 17.9 Å². The number of rotatable bonds is 54. The van der Waals surface area contributed by atoms with Crippen LogP contribution in [0.4, 0.5) is 0 Å². The fraction of sp³-hybridized carbons (Fsp3) is 0.638. The van der Waals surface area contributed by atoms with E-state index >= 15 is 0 Å². The quantitative estimate of drug-likeness (QED) is 0.0261. The molecule has 0 saturated heterocycles. The van der Waals surface area contributed by atoms with Crippen molar-refractivity contribution in [2.24, 2.45) is 0 Å². The minimum absolute atomic E-state index is 0.105. The van der Waals surface area contributed by atoms with Gasteiger partial charge in [0.1, 0.15) is 13.2 Å². The molecule has 0 saturated carbocycles. The summed E-state index contributed by atoms with van der Waals surface area (Å²) < 4.78 is 16.9. The van der Waals surface area contributed by atoms with Gasteiger partial charge in [0, 0.05) is 19.3 Å². The lowest BCUT2D eigenvalue weighted by atomic mass is 10.1. The summed E-state index contributed by atoms with van der Waals surface area (Å²) in [6.45, 7) is 6.36. The molecule has 0 aromatic heterocycles. The Hall–Kier alpha value is -4.45. The maximum absolute atomic E-state index is 12.9. The average Bonchev–Trinajstić information content (AvgIpc) is 3.41. The molecule has 0 bridgehead atoms. The molecule has 0 aliphatic carbocycles. The topological polar surface area (TPSA) is 78.9 Å². The van der Waals surface area contributed by atoms with E-state index in [1.165, 1.54) is 89.9 Å². The molecule has 6 nitrogen and oxygen atoms in total. The zero-order valence-corrected chi connectivity index (χ0v) is 48.5. The van der Waals surface area contributed by atoms with Gasteiger partial charge in [0.15, 0.2) is 6.10 Å². The average molecular weight is 1040 g/mol. The van der Waals surface area contributed by atoms with Crippen molar-refractivity contribution in [1.82, 2.24) is 0 Å². The van der Waals surface area contributed by atoms with E-state index in [9.17, 15) is 14.4 Å². The zero-order chi connectivity index (χ0) is 54.3. The highest BCUT2D eigenvalue weighted by molar-refractivity contribution is 5.71. The molecule has 0 fully saturated rings. The number of carbonyl (C=O) groups is 3. The summed E-state index contributed by atoms with van der Waals surface area (Å²) in [5.74, 6) is -0.965. The van der Waals surface area contributed by atoms with Gasteiger partial charge in [-0.3, -0.25) is 14.4 Å². The highest BCUT2D eigenvalue weighted by Crippen LogP contribution is 2.14. The Morgan fingerprint density at radius 2 is 0.520 bits per heavy atom. The molecule has 0 aliphatic heterocycles. The van der Waals surface area contributed by atoms with E-state index in [1.54, 1.807) is 0 Å². The largest absolute Gasteiger partial charge is 0.462 e. The Kier molecular flexibility index (Phi) is 58.4. The minimum atomic E-state index is -0.809. The fourth-order valence-electron chi connectivity index (χ4n) is 8.08. The second kappa shape index (κ2) is 62.1. The first-order valence-electron chi connectivity index (χ1n) is 30.7. The van der Waals surface area contributed by atoms with Crippen molar-refractivity contribution in [2.45, 2.75) is 271 Å². The lowest BCUT2D eigenvalue weighted by Crippen LogP contribution is -2.30. The maximum Gasteiger partial charge on any atom is 0.306 e. The molecule has 424 valence electrons. The third-order valence-corrected chi connectivity index (χ3v) is 12.6. The molecule has 0 spiro atoms. The number of esters is 3. The third kappa shape index (κ3) is 60.3. The van der Waals surface area contributed by atoms with Crippen LogP contribution in [0.1, 0.15) is 265 Å². The van der Waals surface area contributed by atoms with Crippen molar-refractivity contribution in [1.29, 1.82) is 0 Å². The molecule has 0 rings (SSSR count). The normalized spacial score (nSPS) is 13.1. The van der Waals surface area contributed by atoms with Gasteiger partial charge in [0.25, 0.3) is 0 Å². The summed E-state index contributed by atoms with van der Waals surface area (Å²) in [5, 5.41) is 0. The molecule has 0 aromatic carbocycles. The van der Waals surface area contributed by atoms with Crippen molar-refractivity contribution in [3.63, 3.8) is 0 Å². The van der Waals surface area contributed by atoms with Crippen LogP contribution in [-0.2, 0) is 28.6 Å². The molecule has 0 aromatic rings. The molecule has 1 unspecified atom stereocenters. The van der Waals surface area contributed by atoms with Gasteiger partial charge < -0.3 is 14.2 Å². The van der Waals surface area contributed by atoms with Crippen LogP contribution in [0.3, 0.4) is 0 Å². The second-order valence-corrected chi connectivity index (χ2v) is 19.8. The van der Waals surface area contributed by atoms with Crippen LogP contribution < -0.4 is 0 Å². The van der Waals surface area contributed by atoms with Crippen LogP contribution in [0.15, 0.2) is 134 Å². The maximum atomic E-state index is 12.9. The van der Waals surface area contributed by atoms with Crippen LogP contribution in [-0.4, -0.2) is 37.2 Å². The van der Waals surface area contributed by atoms with E-state index in [1.807, 2.05) is 0 Å². The highest BCUT2D eigenvalue weighted by atomic mass is 16.6. The van der Waals surface area contributed by atoms with Crippen molar-refractivity contribution in [3.05, 3.63) is 134 Å². The van der Waals surface area contributed by atoms with Crippen molar-refractivity contribution in [2.75, 3.05) is 13.2 Å². The third-order valence-electron chi connectivity index (χ3n) is 12.6. The van der Waals surface area contributed by atoms with Gasteiger partial charge in [0.2, 0.25) is 0 Å². The monoisotopic (exact) mass is 1040 g/mol. The molecule has 0 amide bonds. The van der Waals surface area contributed by atoms with E-state index in [0.29, 0.717) is 19.3 Å². The first-order valence-corrected chi connectivity index (χ1v) is 30.7. The van der Waals surface area contributed by atoms with Gasteiger partial charge in [-0.2, -0.15) is 0 Å². The van der Waals surface area contributed by atoms with Crippen LogP contribution in [0.25, 0.3) is 0 Å². The number of hydrogen-bond donors (Lipinski definition) is 0. The van der Waals surface area contributed by atoms with E-state index in [4.69, 9.17) is 14.2 Å². The van der Waals surface area contributed by atoms with Gasteiger partial charge >= 0.3 is 17.9 Å². The molecule has 75 heavy (non-hydrogen) atoms. The second-order valence-electron chi connectivity index (χ2n) is 19.8. The van der Waals surface area contributed by atoms with E-state index in [2.05, 4.69) is 154 Å². The predicted octanol–water partition coefficient (Wildman–Crippen LogP) is 21.0. The molecule has 6 heteroatoms. The Morgan fingerprint density at radius 3 is 0.853 bits per heavy atom. The number of hydrogen-bond acceptors (Lipinski definition) is 6. The molecule has 0 heterocycles. The van der Waals surface area contributed by atoms with Gasteiger partial charge in [-0.25, -0.2) is 0 Å². The Morgan fingerprint density at radius 1 is 0.280 bits per heavy atom. The van der Waals surface area contributed by atoms with Gasteiger partial charge in [0.05, 0.1) is 0 Å². The molecule has 1 atom stereocenters. The van der Waals surface area contributed by atoms with E-state index in [0.717, 1.165) is 135 Å². The lowest BCUT2D eigenvalue weighted by Gasteiger charge is -2.18. The predicted molar refractivity (Wildman–Crippen MR) is 325 cm³/mol. The summed E-state index contributed by atoms with van der Waals surface area (Å²) >= 11 is 0. The van der Waals surface area contributed by atoms with Gasteiger partial charge in [-0.15, -0.1) is 0 Å². The lowest BCUT2D eigenvalue weighted by molar-refractivity contribution is -0.167. The number of allylic oxidation sites excluding steroid dienone is 22. The summed E-state index contributed by atoms with van der Waals surface area (Å²) in [4.78, 5) is 38.3. The molecule has 0 aliphatic rings. The minimum Gasteiger partial charge on any atom is -0.462 e. The van der Waals surface area contributed by atoms with Crippen LogP contribution >= 0.6 is 0 Å². The Balaban J connectivity index is 4.45. The number of unbranched alkanes of at least 4 members (excludes halogenated alkanes) is 21. The first-order chi connectivity index (χ1) is 37.0. The summed E-state index contributed by atoms with van der Waals surface area (Å²) in [6, 6.07) is 0. The summed E-state index contributed by atoms with van der Waals surface area (Å²) in [6.07, 6.45) is 87.3. The van der Waals surface area contributed by atoms with Gasteiger partial charge in [-0.05, 0) is 135 Å². The molecular formula is C69H112O6. The molecule has 0 N–H and O–H groups in total. The van der Waals surface area contributed by atoms with E-state index in [-0.39, 0.29) is 31.1 Å². The highest BCUT2D eigenvalue weighted by Gasteiger charge is 2.19. The first kappa shape index (κ1) is 70.5. The van der Waals surface area contributed by atoms with Crippen LogP contribution in [0, 0.1) is 0 Å². The van der Waals surface area contributed by atoms with Crippen LogP contribution in [0.2, 0.25) is 0 Å². The van der Waals surface area contributed by atoms with Crippen molar-refractivity contribution in [3.8, 4) is 0 Å². The smallest absolute Gasteiger partial charge is 0.306 e. The summed E-state index contributed by atoms with van der Waals surface area (Å²) in [5.41, 5.74) is 0. The Labute approximate surface area is 462 Å². The van der Waals surface area contributed by atoms with E-state index < -0.39 is 6.10 Å². The number of ether oxygens (including phenoxy) is 3. The number of carbonyl (C=O) groups excluding carboxylic acids is 3. The summed E-state index contributed by atoms with van der Waals surface area (Å²) in [7, 11) is 0. The molecular weight excluding hydrogens is 925 g/mol. The standard InChI is InChI=1S/C69H112O6/c1-4-7-10-13-16-19-22-25-28-30-31-32-33-34-35-36-37-39-41-44-47-50-53-56-59-62-68(71)74-65-66(64-73-67(70)61-58-55-52-49-46-43-40-27-24-21-18-15-12-9-6-3)75-69(72)63-60-57-54-51-48-45-42-38-29-26-23-20-17-14-11-8-5-2/h7,9-10,12,16,18-19,21,25-29,31-32,34-35,37,39-40,46,49,66H,4-6,8,11,13-15,17,20,22-24,30,33,36,38,41-45,47-48,50-65H2,1-3H3/b10-7-,12-9-,19-16-,21-18-,28-25-,29-26-,32-31-,35-34-,39-37-,40-27-,49-46-. The van der Waals surface area contributed by atoms with Crippen LogP contribution in [0.5, 0.6) is 0 Å². The van der Waals surface area contributed by atoms with Crippen molar-refractivity contribution < 1.29 is 28.6 Å². The molecule has 0 radical (unpaired) electrons. The Bertz CT molecular complexity index is 1620. The van der Waals surface area contributed by atoms with Gasteiger partial charge in [-0.1, -0.05) is 244 Å². The fourth-order valence-corrected chi connectivity index (χ4v) is 8.08.